The Bertz CT molecular complexity index is 545. The molecule has 2 heterocycles. The van der Waals surface area contributed by atoms with Crippen molar-refractivity contribution in [3.05, 3.63) is 16.1 Å². The molecule has 3 rings (SSSR count). The van der Waals surface area contributed by atoms with Gasteiger partial charge in [0.05, 0.1) is 5.60 Å². The molecule has 1 amide bonds. The van der Waals surface area contributed by atoms with Gasteiger partial charge in [0.25, 0.3) is 5.91 Å². The summed E-state index contributed by atoms with van der Waals surface area (Å²) < 4.78 is 0. The van der Waals surface area contributed by atoms with Crippen LogP contribution in [0.25, 0.3) is 0 Å². The molecular formula is C16H25N3O2S. The van der Waals surface area contributed by atoms with E-state index in [0.29, 0.717) is 25.2 Å². The first-order valence-corrected chi connectivity index (χ1v) is 8.97. The number of aromatic nitrogens is 1. The van der Waals surface area contributed by atoms with Crippen molar-refractivity contribution in [1.29, 1.82) is 0 Å². The van der Waals surface area contributed by atoms with Gasteiger partial charge in [0.15, 0.2) is 0 Å². The van der Waals surface area contributed by atoms with E-state index in [9.17, 15) is 9.90 Å². The normalized spacial score (nSPS) is 28.7. The van der Waals surface area contributed by atoms with Crippen LogP contribution in [-0.4, -0.2) is 58.6 Å². The van der Waals surface area contributed by atoms with E-state index < -0.39 is 5.60 Å². The van der Waals surface area contributed by atoms with Gasteiger partial charge in [0, 0.05) is 30.9 Å². The number of hydrogen-bond donors (Lipinski definition) is 1. The smallest absolute Gasteiger partial charge is 0.273 e. The molecule has 1 N–H and O–H groups in total. The average Bonchev–Trinajstić information content (AvgIpc) is 2.93. The maximum Gasteiger partial charge on any atom is 0.273 e. The van der Waals surface area contributed by atoms with Gasteiger partial charge in [-0.2, -0.15) is 0 Å². The fourth-order valence-corrected chi connectivity index (χ4v) is 4.55. The van der Waals surface area contributed by atoms with Crippen molar-refractivity contribution < 1.29 is 9.90 Å². The van der Waals surface area contributed by atoms with Crippen LogP contribution in [0.1, 0.15) is 47.6 Å². The Hall–Kier alpha value is -0.980. The van der Waals surface area contributed by atoms with Gasteiger partial charge in [-0.05, 0) is 33.4 Å². The lowest BCUT2D eigenvalue weighted by atomic mass is 9.71. The standard InChI is InChI=1S/C16H25N3O2S/c1-18(2)10-14-17-13(11-22-14)15(20)19-8-7-16(21)6-4-3-5-12(16)9-19/h11-12,21H,3-10H2,1-2H3/t12-,16-/m0/s1. The van der Waals surface area contributed by atoms with Crippen LogP contribution < -0.4 is 0 Å². The third-order valence-corrected chi connectivity index (χ3v) is 5.77. The third kappa shape index (κ3) is 3.19. The van der Waals surface area contributed by atoms with Crippen LogP contribution in [-0.2, 0) is 6.54 Å². The zero-order valence-electron chi connectivity index (χ0n) is 13.4. The summed E-state index contributed by atoms with van der Waals surface area (Å²) in [4.78, 5) is 21.1. The second-order valence-electron chi connectivity index (χ2n) is 6.91. The molecule has 0 bridgehead atoms. The summed E-state index contributed by atoms with van der Waals surface area (Å²) in [5, 5.41) is 13.5. The van der Waals surface area contributed by atoms with Crippen LogP contribution in [0.3, 0.4) is 0 Å². The first-order valence-electron chi connectivity index (χ1n) is 8.09. The van der Waals surface area contributed by atoms with Gasteiger partial charge in [-0.1, -0.05) is 12.8 Å². The van der Waals surface area contributed by atoms with Crippen LogP contribution in [0, 0.1) is 5.92 Å². The van der Waals surface area contributed by atoms with Gasteiger partial charge < -0.3 is 14.9 Å². The molecule has 1 aromatic rings. The van der Waals surface area contributed by atoms with Gasteiger partial charge in [0.2, 0.25) is 0 Å². The van der Waals surface area contributed by atoms with E-state index in [1.54, 1.807) is 11.3 Å². The molecule has 1 aromatic heterocycles. The molecule has 0 radical (unpaired) electrons. The highest BCUT2D eigenvalue weighted by Crippen LogP contribution is 2.40. The van der Waals surface area contributed by atoms with Crippen molar-refractivity contribution in [3.63, 3.8) is 0 Å². The zero-order chi connectivity index (χ0) is 15.7. The predicted octanol–water partition coefficient (Wildman–Crippen LogP) is 1.97. The van der Waals surface area contributed by atoms with E-state index >= 15 is 0 Å². The summed E-state index contributed by atoms with van der Waals surface area (Å²) in [5.41, 5.74) is 0.0239. The van der Waals surface area contributed by atoms with E-state index in [1.165, 1.54) is 6.42 Å². The zero-order valence-corrected chi connectivity index (χ0v) is 14.2. The number of rotatable bonds is 3. The molecule has 1 aliphatic carbocycles. The molecule has 6 heteroatoms. The van der Waals surface area contributed by atoms with Crippen molar-refractivity contribution in [2.45, 2.75) is 44.2 Å². The molecule has 2 atom stereocenters. The number of carbonyl (C=O) groups excluding carboxylic acids is 1. The molecule has 2 aliphatic rings. The molecule has 5 nitrogen and oxygen atoms in total. The Labute approximate surface area is 135 Å². The fourth-order valence-electron chi connectivity index (χ4n) is 3.67. The minimum absolute atomic E-state index is 0.0221. The van der Waals surface area contributed by atoms with Gasteiger partial charge in [-0.25, -0.2) is 4.98 Å². The molecule has 2 fully saturated rings. The summed E-state index contributed by atoms with van der Waals surface area (Å²) >= 11 is 1.54. The average molecular weight is 323 g/mol. The number of aliphatic hydroxyl groups is 1. The lowest BCUT2D eigenvalue weighted by Crippen LogP contribution is -2.54. The Morgan fingerprint density at radius 3 is 3.09 bits per heavy atom. The van der Waals surface area contributed by atoms with Crippen molar-refractivity contribution in [2.24, 2.45) is 5.92 Å². The Kier molecular flexibility index (Phi) is 4.52. The number of fused-ring (bicyclic) bond motifs is 1. The van der Waals surface area contributed by atoms with Crippen LogP contribution in [0.2, 0.25) is 0 Å². The molecule has 1 saturated heterocycles. The lowest BCUT2D eigenvalue weighted by Gasteiger charge is -2.47. The largest absolute Gasteiger partial charge is 0.389 e. The van der Waals surface area contributed by atoms with Gasteiger partial charge in [-0.15, -0.1) is 11.3 Å². The highest BCUT2D eigenvalue weighted by Gasteiger charge is 2.44. The molecule has 1 aliphatic heterocycles. The molecule has 0 spiro atoms. The molecule has 0 aromatic carbocycles. The lowest BCUT2D eigenvalue weighted by molar-refractivity contribution is -0.0886. The summed E-state index contributed by atoms with van der Waals surface area (Å²) in [7, 11) is 3.99. The highest BCUT2D eigenvalue weighted by atomic mass is 32.1. The number of likely N-dealkylation sites (tertiary alicyclic amines) is 1. The minimum atomic E-state index is -0.535. The topological polar surface area (TPSA) is 56.7 Å². The summed E-state index contributed by atoms with van der Waals surface area (Å²) in [6, 6.07) is 0. The quantitative estimate of drug-likeness (QED) is 0.924. The Morgan fingerprint density at radius 2 is 2.32 bits per heavy atom. The van der Waals surface area contributed by atoms with Gasteiger partial charge >= 0.3 is 0 Å². The van der Waals surface area contributed by atoms with Gasteiger partial charge in [-0.3, -0.25) is 4.79 Å². The third-order valence-electron chi connectivity index (χ3n) is 4.94. The molecule has 0 unspecified atom stereocenters. The van der Waals surface area contributed by atoms with E-state index in [0.717, 1.165) is 30.8 Å². The second-order valence-corrected chi connectivity index (χ2v) is 7.85. The summed E-state index contributed by atoms with van der Waals surface area (Å²) in [6.45, 7) is 2.09. The minimum Gasteiger partial charge on any atom is -0.389 e. The summed E-state index contributed by atoms with van der Waals surface area (Å²) in [5.74, 6) is 0.257. The SMILES string of the molecule is CN(C)Cc1nc(C(=O)N2CC[C@@]3(O)CCCC[C@H]3C2)cs1. The number of amides is 1. The maximum absolute atomic E-state index is 12.7. The fraction of sp³-hybridized carbons (Fsp3) is 0.750. The highest BCUT2D eigenvalue weighted by molar-refractivity contribution is 7.09. The second kappa shape index (κ2) is 6.26. The van der Waals surface area contributed by atoms with Crippen LogP contribution >= 0.6 is 11.3 Å². The number of thiazole rings is 1. The number of carbonyl (C=O) groups is 1. The van der Waals surface area contributed by atoms with E-state index in [4.69, 9.17) is 0 Å². The number of hydrogen-bond acceptors (Lipinski definition) is 5. The van der Waals surface area contributed by atoms with Crippen LogP contribution in [0.15, 0.2) is 5.38 Å². The van der Waals surface area contributed by atoms with E-state index in [1.807, 2.05) is 24.4 Å². The predicted molar refractivity (Wildman–Crippen MR) is 86.9 cm³/mol. The number of nitrogens with zero attached hydrogens (tertiary/aromatic N) is 3. The van der Waals surface area contributed by atoms with Crippen molar-refractivity contribution in [3.8, 4) is 0 Å². The molecule has 1 saturated carbocycles. The Balaban J connectivity index is 1.67. The van der Waals surface area contributed by atoms with E-state index in [-0.39, 0.29) is 11.8 Å². The van der Waals surface area contributed by atoms with Crippen LogP contribution in [0.4, 0.5) is 0 Å². The summed E-state index contributed by atoms with van der Waals surface area (Å²) in [6.07, 6.45) is 4.91. The van der Waals surface area contributed by atoms with Crippen molar-refractivity contribution in [2.75, 3.05) is 27.2 Å². The monoisotopic (exact) mass is 323 g/mol. The van der Waals surface area contributed by atoms with E-state index in [2.05, 4.69) is 9.88 Å². The van der Waals surface area contributed by atoms with Crippen molar-refractivity contribution >= 4 is 17.2 Å². The Morgan fingerprint density at radius 1 is 1.50 bits per heavy atom. The van der Waals surface area contributed by atoms with Gasteiger partial charge in [0.1, 0.15) is 10.7 Å². The first-order chi connectivity index (χ1) is 10.5. The van der Waals surface area contributed by atoms with Crippen LogP contribution in [0.5, 0.6) is 0 Å². The molecule has 22 heavy (non-hydrogen) atoms. The molecule has 122 valence electrons. The maximum atomic E-state index is 12.7. The molecular weight excluding hydrogens is 298 g/mol. The number of piperidine rings is 1. The first kappa shape index (κ1) is 15.9. The van der Waals surface area contributed by atoms with Crippen molar-refractivity contribution in [1.82, 2.24) is 14.8 Å².